The lowest BCUT2D eigenvalue weighted by Crippen LogP contribution is -2.18. The molecule has 0 bridgehead atoms. The zero-order chi connectivity index (χ0) is 26.9. The summed E-state index contributed by atoms with van der Waals surface area (Å²) in [7, 11) is 0. The Morgan fingerprint density at radius 1 is 0.921 bits per heavy atom. The first-order chi connectivity index (χ1) is 18.4. The molecule has 3 aromatic carbocycles. The molecule has 0 heterocycles. The van der Waals surface area contributed by atoms with Gasteiger partial charge < -0.3 is 9.47 Å². The molecule has 5 rings (SSSR count). The highest BCUT2D eigenvalue weighted by atomic mass is 16.5. The van der Waals surface area contributed by atoms with E-state index in [1.54, 1.807) is 19.1 Å². The molecule has 0 aliphatic heterocycles. The van der Waals surface area contributed by atoms with Crippen molar-refractivity contribution in [2.24, 2.45) is 11.8 Å². The Balaban J connectivity index is 0.000000311. The fourth-order valence-electron chi connectivity index (χ4n) is 5.08. The topological polar surface area (TPSA) is 52.6 Å². The molecule has 0 unspecified atom stereocenters. The largest absolute Gasteiger partial charge is 0.462 e. The Kier molecular flexibility index (Phi) is 9.53. The third kappa shape index (κ3) is 7.22. The van der Waals surface area contributed by atoms with Crippen LogP contribution in [0.2, 0.25) is 0 Å². The van der Waals surface area contributed by atoms with Crippen LogP contribution in [0.1, 0.15) is 77.9 Å². The first kappa shape index (κ1) is 27.4. The smallest absolute Gasteiger partial charge is 0.338 e. The van der Waals surface area contributed by atoms with Crippen LogP contribution in [0, 0.1) is 11.8 Å². The van der Waals surface area contributed by atoms with Gasteiger partial charge in [0.25, 0.3) is 0 Å². The van der Waals surface area contributed by atoms with E-state index in [0.717, 1.165) is 36.8 Å². The molecule has 0 saturated heterocycles. The number of hydrogen-bond donors (Lipinski definition) is 0. The number of fused-ring (bicyclic) bond motifs is 2. The van der Waals surface area contributed by atoms with Crippen molar-refractivity contribution in [1.29, 1.82) is 0 Å². The van der Waals surface area contributed by atoms with Crippen LogP contribution < -0.4 is 0 Å². The predicted molar refractivity (Wildman–Crippen MR) is 152 cm³/mol. The molecular weight excluding hydrogens is 472 g/mol. The first-order valence-corrected chi connectivity index (χ1v) is 13.7. The molecule has 4 heteroatoms. The second-order valence-electron chi connectivity index (χ2n) is 10.4. The highest BCUT2D eigenvalue weighted by molar-refractivity contribution is 5.89. The first-order valence-electron chi connectivity index (χ1n) is 13.7. The molecule has 3 aromatic rings. The van der Waals surface area contributed by atoms with E-state index in [2.05, 4.69) is 62.4 Å². The van der Waals surface area contributed by atoms with Crippen LogP contribution in [-0.4, -0.2) is 18.5 Å². The normalized spacial score (nSPS) is 16.8. The van der Waals surface area contributed by atoms with Crippen molar-refractivity contribution in [1.82, 2.24) is 0 Å². The molecular formula is C34H38O4. The third-order valence-electron chi connectivity index (χ3n) is 7.11. The number of allylic oxidation sites excluding steroid dienone is 1. The minimum atomic E-state index is -0.302. The van der Waals surface area contributed by atoms with Crippen LogP contribution >= 0.6 is 0 Å². The van der Waals surface area contributed by atoms with E-state index in [9.17, 15) is 9.59 Å². The van der Waals surface area contributed by atoms with Crippen molar-refractivity contribution >= 4 is 18.0 Å². The second kappa shape index (κ2) is 13.2. The van der Waals surface area contributed by atoms with Gasteiger partial charge in [0, 0.05) is 12.3 Å². The number of esters is 2. The maximum atomic E-state index is 12.4. The van der Waals surface area contributed by atoms with Crippen molar-refractivity contribution in [2.75, 3.05) is 6.61 Å². The van der Waals surface area contributed by atoms with Gasteiger partial charge in [0.05, 0.1) is 12.2 Å². The molecule has 0 radical (unpaired) electrons. The van der Waals surface area contributed by atoms with E-state index in [1.165, 1.54) is 16.7 Å². The second-order valence-corrected chi connectivity index (χ2v) is 10.4. The lowest BCUT2D eigenvalue weighted by molar-refractivity contribution is -0.152. The van der Waals surface area contributed by atoms with Crippen LogP contribution in [0.25, 0.3) is 6.08 Å². The highest BCUT2D eigenvalue weighted by Gasteiger charge is 2.35. The molecule has 4 nitrogen and oxygen atoms in total. The van der Waals surface area contributed by atoms with Gasteiger partial charge in [-0.15, -0.1) is 0 Å². The van der Waals surface area contributed by atoms with Gasteiger partial charge in [-0.3, -0.25) is 4.79 Å². The molecule has 0 spiro atoms. The summed E-state index contributed by atoms with van der Waals surface area (Å²) < 4.78 is 11.0. The van der Waals surface area contributed by atoms with Crippen molar-refractivity contribution in [2.45, 2.75) is 59.0 Å². The quantitative estimate of drug-likeness (QED) is 0.294. The van der Waals surface area contributed by atoms with Gasteiger partial charge in [0.2, 0.25) is 0 Å². The fourth-order valence-corrected chi connectivity index (χ4v) is 5.08. The average Bonchev–Trinajstić information content (AvgIpc) is 3.53. The minimum absolute atomic E-state index is 0.122. The van der Waals surface area contributed by atoms with E-state index in [0.29, 0.717) is 24.5 Å². The molecule has 0 amide bonds. The minimum Gasteiger partial charge on any atom is -0.462 e. The Hall–Kier alpha value is -3.66. The molecule has 198 valence electrons. The van der Waals surface area contributed by atoms with Gasteiger partial charge in [0.15, 0.2) is 0 Å². The molecule has 2 atom stereocenters. The third-order valence-corrected chi connectivity index (χ3v) is 7.11. The maximum Gasteiger partial charge on any atom is 0.338 e. The van der Waals surface area contributed by atoms with Gasteiger partial charge in [-0.05, 0) is 78.5 Å². The summed E-state index contributed by atoms with van der Waals surface area (Å²) in [4.78, 5) is 24.3. The fraction of sp³-hybridized carbons (Fsp3) is 0.353. The van der Waals surface area contributed by atoms with Gasteiger partial charge in [-0.2, -0.15) is 0 Å². The van der Waals surface area contributed by atoms with Crippen molar-refractivity contribution < 1.29 is 19.1 Å². The zero-order valence-electron chi connectivity index (χ0n) is 22.7. The zero-order valence-corrected chi connectivity index (χ0v) is 22.7. The summed E-state index contributed by atoms with van der Waals surface area (Å²) in [6, 6.07) is 24.3. The van der Waals surface area contributed by atoms with Crippen LogP contribution in [0.4, 0.5) is 0 Å². The number of benzene rings is 3. The van der Waals surface area contributed by atoms with Crippen LogP contribution in [0.5, 0.6) is 0 Å². The molecule has 0 N–H and O–H groups in total. The number of carbonyl (C=O) groups excluding carboxylic acids is 2. The Bertz CT molecular complexity index is 1260. The van der Waals surface area contributed by atoms with Crippen LogP contribution in [-0.2, 0) is 33.5 Å². The Morgan fingerprint density at radius 2 is 1.63 bits per heavy atom. The average molecular weight is 511 g/mol. The van der Waals surface area contributed by atoms with E-state index in [4.69, 9.17) is 9.47 Å². The summed E-state index contributed by atoms with van der Waals surface area (Å²) in [5.74, 6) is 0.253. The van der Waals surface area contributed by atoms with Crippen LogP contribution in [0.3, 0.4) is 0 Å². The maximum absolute atomic E-state index is 12.4. The number of rotatable bonds is 8. The Labute approximate surface area is 226 Å². The highest BCUT2D eigenvalue weighted by Crippen LogP contribution is 2.41. The SMILES string of the molecule is C1=Cc2ccccc2C1.CCOC(=O)c1ccc(C[C@@H]2Cc3ccccc3[C@@H]2OC(=O)CCC(C)C)cc1. The van der Waals surface area contributed by atoms with Crippen molar-refractivity contribution in [3.05, 3.63) is 112 Å². The van der Waals surface area contributed by atoms with Gasteiger partial charge >= 0.3 is 11.9 Å². The summed E-state index contributed by atoms with van der Waals surface area (Å²) in [5, 5.41) is 0. The van der Waals surface area contributed by atoms with Crippen LogP contribution in [0.15, 0.2) is 78.9 Å². The standard InChI is InChI=1S/C25H30O4.C9H8/c1-4-28-25(27)19-12-10-18(11-13-19)15-21-16-20-7-5-6-8-22(20)24(21)29-23(26)14-9-17(2)3;1-2-5-9-7-3-6-8(9)4-1/h5-8,10-13,17,21,24H,4,9,14-16H2,1-3H3;1-6H,7H2/t21-,24-;/m1./s1. The predicted octanol–water partition coefficient (Wildman–Crippen LogP) is 7.55. The molecule has 2 aliphatic carbocycles. The van der Waals surface area contributed by atoms with Gasteiger partial charge in [-0.25, -0.2) is 4.79 Å². The van der Waals surface area contributed by atoms with E-state index >= 15 is 0 Å². The van der Waals surface area contributed by atoms with Gasteiger partial charge in [-0.1, -0.05) is 86.7 Å². The van der Waals surface area contributed by atoms with E-state index in [-0.39, 0.29) is 24.0 Å². The number of ether oxygens (including phenoxy) is 2. The van der Waals surface area contributed by atoms with Gasteiger partial charge in [0.1, 0.15) is 6.10 Å². The molecule has 0 saturated carbocycles. The monoisotopic (exact) mass is 510 g/mol. The Morgan fingerprint density at radius 3 is 2.34 bits per heavy atom. The lowest BCUT2D eigenvalue weighted by Gasteiger charge is -2.21. The molecule has 0 aromatic heterocycles. The molecule has 38 heavy (non-hydrogen) atoms. The molecule has 0 fully saturated rings. The van der Waals surface area contributed by atoms with Crippen molar-refractivity contribution in [3.63, 3.8) is 0 Å². The van der Waals surface area contributed by atoms with Crippen molar-refractivity contribution in [3.8, 4) is 0 Å². The lowest BCUT2D eigenvalue weighted by atomic mass is 9.94. The number of hydrogen-bond acceptors (Lipinski definition) is 4. The summed E-state index contributed by atoms with van der Waals surface area (Å²) in [6.45, 7) is 6.39. The summed E-state index contributed by atoms with van der Waals surface area (Å²) in [5.41, 5.74) is 6.90. The van der Waals surface area contributed by atoms with E-state index < -0.39 is 0 Å². The number of carbonyl (C=O) groups is 2. The summed E-state index contributed by atoms with van der Waals surface area (Å²) in [6.07, 6.45) is 8.26. The molecule has 2 aliphatic rings. The summed E-state index contributed by atoms with van der Waals surface area (Å²) >= 11 is 0. The van der Waals surface area contributed by atoms with E-state index in [1.807, 2.05) is 24.3 Å².